The van der Waals surface area contributed by atoms with Gasteiger partial charge in [0, 0.05) is 6.54 Å². The predicted octanol–water partition coefficient (Wildman–Crippen LogP) is 3.49. The molecule has 0 radical (unpaired) electrons. The number of anilines is 1. The van der Waals surface area contributed by atoms with Crippen LogP contribution in [0, 0.1) is 6.92 Å². The van der Waals surface area contributed by atoms with Gasteiger partial charge in [0.15, 0.2) is 17.1 Å². The van der Waals surface area contributed by atoms with E-state index in [-0.39, 0.29) is 17.8 Å². The van der Waals surface area contributed by atoms with Crippen LogP contribution in [0.25, 0.3) is 0 Å². The number of carbonyl (C=O) groups is 1. The summed E-state index contributed by atoms with van der Waals surface area (Å²) >= 11 is 2.56. The number of nitrogens with zero attached hydrogens (tertiary/aromatic N) is 5. The number of ether oxygens (including phenoxy) is 1. The maximum atomic E-state index is 12.1. The van der Waals surface area contributed by atoms with Gasteiger partial charge in [-0.1, -0.05) is 47.4 Å². The molecule has 8 nitrogen and oxygen atoms in total. The third-order valence-corrected chi connectivity index (χ3v) is 5.33. The number of hydrogen-bond donors (Lipinski definition) is 1. The molecule has 2 aromatic heterocycles. The highest BCUT2D eigenvalue weighted by molar-refractivity contribution is 7.99. The monoisotopic (exact) mass is 416 g/mol. The summed E-state index contributed by atoms with van der Waals surface area (Å²) in [6.07, 6.45) is 1.46. The minimum atomic E-state index is -0.307. The van der Waals surface area contributed by atoms with Gasteiger partial charge in [-0.3, -0.25) is 14.7 Å². The van der Waals surface area contributed by atoms with Gasteiger partial charge in [-0.2, -0.15) is 0 Å². The van der Waals surface area contributed by atoms with E-state index in [1.165, 1.54) is 23.1 Å². The first kappa shape index (κ1) is 20.0. The Hall–Kier alpha value is -2.72. The molecule has 1 atom stereocenters. The lowest BCUT2D eigenvalue weighted by molar-refractivity contribution is -0.113. The lowest BCUT2D eigenvalue weighted by Gasteiger charge is -2.17. The van der Waals surface area contributed by atoms with E-state index in [9.17, 15) is 4.79 Å². The summed E-state index contributed by atoms with van der Waals surface area (Å²) in [4.78, 5) is 12.1. The van der Waals surface area contributed by atoms with Crippen molar-refractivity contribution in [3.05, 3.63) is 53.8 Å². The van der Waals surface area contributed by atoms with Crippen LogP contribution in [0.1, 0.15) is 24.4 Å². The molecule has 0 aliphatic rings. The molecule has 10 heteroatoms. The van der Waals surface area contributed by atoms with Crippen molar-refractivity contribution in [3.63, 3.8) is 0 Å². The van der Waals surface area contributed by atoms with E-state index in [1.807, 2.05) is 42.7 Å². The maximum absolute atomic E-state index is 12.1. The largest absolute Gasteiger partial charge is 0.482 e. The summed E-state index contributed by atoms with van der Waals surface area (Å²) < 4.78 is 7.97. The summed E-state index contributed by atoms with van der Waals surface area (Å²) in [5.41, 5.74) is 2.61. The number of aryl methyl sites for hydroxylation is 1. The van der Waals surface area contributed by atoms with Crippen LogP contribution in [-0.2, 0) is 11.3 Å². The fourth-order valence-electron chi connectivity index (χ4n) is 2.45. The number of thioether (sulfide) groups is 1. The third kappa shape index (κ3) is 4.96. The Balaban J connectivity index is 1.69. The molecule has 1 unspecified atom stereocenters. The smallest absolute Gasteiger partial charge is 0.236 e. The summed E-state index contributed by atoms with van der Waals surface area (Å²) in [5, 5.41) is 19.8. The van der Waals surface area contributed by atoms with Crippen molar-refractivity contribution in [2.45, 2.75) is 31.7 Å². The molecule has 3 aromatic rings. The number of allylic oxidation sites excluding steroid dienone is 1. The molecule has 0 aliphatic heterocycles. The Labute approximate surface area is 171 Å². The minimum Gasteiger partial charge on any atom is -0.482 e. The van der Waals surface area contributed by atoms with Crippen LogP contribution in [-0.4, -0.2) is 36.6 Å². The molecule has 3 rings (SSSR count). The SMILES string of the molecule is C=CCn1c(SCC(=O)Nc2nncs2)nnc1C(C)Oc1ccccc1C. The first-order valence-electron chi connectivity index (χ1n) is 8.53. The second-order valence-electron chi connectivity index (χ2n) is 5.85. The number of para-hydroxylation sites is 1. The van der Waals surface area contributed by atoms with E-state index in [0.717, 1.165) is 11.3 Å². The van der Waals surface area contributed by atoms with Crippen molar-refractivity contribution in [1.29, 1.82) is 0 Å². The Morgan fingerprint density at radius 2 is 2.21 bits per heavy atom. The second-order valence-corrected chi connectivity index (χ2v) is 7.62. The van der Waals surface area contributed by atoms with E-state index in [4.69, 9.17) is 4.74 Å². The minimum absolute atomic E-state index is 0.180. The zero-order chi connectivity index (χ0) is 19.9. The van der Waals surface area contributed by atoms with Crippen molar-refractivity contribution in [2.24, 2.45) is 0 Å². The average Bonchev–Trinajstić information content (AvgIpc) is 3.32. The summed E-state index contributed by atoms with van der Waals surface area (Å²) in [6, 6.07) is 7.82. The summed E-state index contributed by atoms with van der Waals surface area (Å²) in [5.74, 6) is 1.48. The zero-order valence-corrected chi connectivity index (χ0v) is 17.2. The quantitative estimate of drug-likeness (QED) is 0.421. The Kier molecular flexibility index (Phi) is 6.77. The number of rotatable bonds is 9. The van der Waals surface area contributed by atoms with Crippen molar-refractivity contribution >= 4 is 34.1 Å². The van der Waals surface area contributed by atoms with Gasteiger partial charge in [0.2, 0.25) is 11.0 Å². The molecule has 1 aromatic carbocycles. The fraction of sp³-hybridized carbons (Fsp3) is 0.278. The molecule has 0 bridgehead atoms. The van der Waals surface area contributed by atoms with Crippen LogP contribution in [0.5, 0.6) is 5.75 Å². The molecule has 0 spiro atoms. The normalized spacial score (nSPS) is 11.8. The van der Waals surface area contributed by atoms with Crippen LogP contribution in [0.15, 0.2) is 47.6 Å². The van der Waals surface area contributed by atoms with E-state index in [2.05, 4.69) is 32.3 Å². The Bertz CT molecular complexity index is 941. The molecule has 1 N–H and O–H groups in total. The maximum Gasteiger partial charge on any atom is 0.236 e. The molecule has 2 heterocycles. The molecule has 1 amide bonds. The van der Waals surface area contributed by atoms with Crippen molar-refractivity contribution in [2.75, 3.05) is 11.1 Å². The molecule has 28 heavy (non-hydrogen) atoms. The van der Waals surface area contributed by atoms with Crippen LogP contribution < -0.4 is 10.1 Å². The van der Waals surface area contributed by atoms with Gasteiger partial charge in [0.25, 0.3) is 0 Å². The molecule has 0 saturated carbocycles. The average molecular weight is 417 g/mol. The lowest BCUT2D eigenvalue weighted by Crippen LogP contribution is -2.15. The van der Waals surface area contributed by atoms with Gasteiger partial charge in [0.1, 0.15) is 11.3 Å². The van der Waals surface area contributed by atoms with Crippen molar-refractivity contribution in [3.8, 4) is 5.75 Å². The first-order valence-corrected chi connectivity index (χ1v) is 10.4. The molecular weight excluding hydrogens is 396 g/mol. The Morgan fingerprint density at radius 1 is 1.39 bits per heavy atom. The predicted molar refractivity (Wildman–Crippen MR) is 110 cm³/mol. The van der Waals surface area contributed by atoms with Crippen LogP contribution in [0.2, 0.25) is 0 Å². The number of hydrogen-bond acceptors (Lipinski definition) is 8. The highest BCUT2D eigenvalue weighted by Gasteiger charge is 2.20. The van der Waals surface area contributed by atoms with Crippen molar-refractivity contribution < 1.29 is 9.53 Å². The highest BCUT2D eigenvalue weighted by Crippen LogP contribution is 2.26. The van der Waals surface area contributed by atoms with Gasteiger partial charge in [-0.25, -0.2) is 0 Å². The topological polar surface area (TPSA) is 94.8 Å². The number of amides is 1. The number of carbonyl (C=O) groups excluding carboxylic acids is 1. The lowest BCUT2D eigenvalue weighted by atomic mass is 10.2. The van der Waals surface area contributed by atoms with Gasteiger partial charge in [-0.15, -0.1) is 27.0 Å². The fourth-order valence-corrected chi connectivity index (χ4v) is 3.67. The van der Waals surface area contributed by atoms with E-state index in [0.29, 0.717) is 22.7 Å². The van der Waals surface area contributed by atoms with Gasteiger partial charge in [-0.05, 0) is 25.5 Å². The first-order chi connectivity index (χ1) is 13.6. The zero-order valence-electron chi connectivity index (χ0n) is 15.5. The van der Waals surface area contributed by atoms with E-state index in [1.54, 1.807) is 11.6 Å². The second kappa shape index (κ2) is 9.47. The number of aromatic nitrogens is 5. The number of benzene rings is 1. The van der Waals surface area contributed by atoms with Gasteiger partial charge < -0.3 is 4.74 Å². The van der Waals surface area contributed by atoms with Crippen LogP contribution >= 0.6 is 23.1 Å². The van der Waals surface area contributed by atoms with Gasteiger partial charge >= 0.3 is 0 Å². The third-order valence-electron chi connectivity index (χ3n) is 3.76. The molecular formula is C18H20N6O2S2. The van der Waals surface area contributed by atoms with Crippen molar-refractivity contribution in [1.82, 2.24) is 25.0 Å². The standard InChI is InChI=1S/C18H20N6O2S2/c1-4-9-24-16(13(3)26-14-8-6-5-7-12(14)2)21-23-18(24)27-10-15(25)20-17-22-19-11-28-17/h4-8,11,13H,1,9-10H2,2-3H3,(H,20,22,25). The Morgan fingerprint density at radius 3 is 2.93 bits per heavy atom. The van der Waals surface area contributed by atoms with E-state index < -0.39 is 0 Å². The number of nitrogens with one attached hydrogen (secondary N) is 1. The highest BCUT2D eigenvalue weighted by atomic mass is 32.2. The molecule has 0 fully saturated rings. The van der Waals surface area contributed by atoms with Crippen LogP contribution in [0.3, 0.4) is 0 Å². The van der Waals surface area contributed by atoms with Gasteiger partial charge in [0.05, 0.1) is 5.75 Å². The summed E-state index contributed by atoms with van der Waals surface area (Å²) in [6.45, 7) is 8.24. The van der Waals surface area contributed by atoms with E-state index >= 15 is 0 Å². The molecule has 0 saturated heterocycles. The molecule has 0 aliphatic carbocycles. The summed E-state index contributed by atoms with van der Waals surface area (Å²) in [7, 11) is 0. The van der Waals surface area contributed by atoms with Crippen LogP contribution in [0.4, 0.5) is 5.13 Å². The molecule has 146 valence electrons.